The summed E-state index contributed by atoms with van der Waals surface area (Å²) in [5.74, 6) is 0. The molecule has 0 radical (unpaired) electrons. The Labute approximate surface area is 51.3 Å². The Hall–Kier alpha value is -0.0800. The van der Waals surface area contributed by atoms with Crippen molar-refractivity contribution < 1.29 is 9.85 Å². The molecule has 0 aromatic rings. The normalized spacial score (nSPS) is 18.8. The van der Waals surface area contributed by atoms with Gasteiger partial charge in [0.05, 0.1) is 7.05 Å². The molecule has 0 saturated carbocycles. The van der Waals surface area contributed by atoms with Crippen LogP contribution >= 0.6 is 0 Å². The van der Waals surface area contributed by atoms with E-state index in [-0.39, 0.29) is 4.65 Å². The van der Waals surface area contributed by atoms with E-state index in [4.69, 9.17) is 0 Å². The molecule has 0 bridgehead atoms. The molecule has 2 nitrogen and oxygen atoms in total. The molecule has 2 heteroatoms. The van der Waals surface area contributed by atoms with Gasteiger partial charge in [-0.25, -0.2) is 5.21 Å². The zero-order valence-corrected chi connectivity index (χ0v) is 6.18. The van der Waals surface area contributed by atoms with E-state index in [0.29, 0.717) is 6.04 Å². The molecule has 0 aromatic heterocycles. The minimum Gasteiger partial charge on any atom is -0.217 e. The summed E-state index contributed by atoms with van der Waals surface area (Å²) in [4.78, 5) is 0. The first-order valence-corrected chi connectivity index (χ1v) is 3.08. The zero-order valence-electron chi connectivity index (χ0n) is 6.18. The minimum atomic E-state index is 0.125. The van der Waals surface area contributed by atoms with Gasteiger partial charge in [-0.3, -0.25) is 0 Å². The highest BCUT2D eigenvalue weighted by atomic mass is 16.5. The van der Waals surface area contributed by atoms with Crippen LogP contribution in [0.3, 0.4) is 0 Å². The Morgan fingerprint density at radius 3 is 1.88 bits per heavy atom. The standard InChI is InChI=1S/C6H16NO/c1-5-7(4,8)6(2)3/h6,8H,5H2,1-4H3/q+1. The SMILES string of the molecule is CC[N+](C)(O)C(C)C. The summed E-state index contributed by atoms with van der Waals surface area (Å²) in [5, 5.41) is 9.34. The van der Waals surface area contributed by atoms with Crippen LogP contribution in [0.15, 0.2) is 0 Å². The molecule has 0 heterocycles. The van der Waals surface area contributed by atoms with Crippen molar-refractivity contribution in [3.63, 3.8) is 0 Å². The van der Waals surface area contributed by atoms with E-state index < -0.39 is 0 Å². The lowest BCUT2D eigenvalue weighted by atomic mass is 10.3. The maximum Gasteiger partial charge on any atom is 0.113 e. The molecule has 1 atom stereocenters. The van der Waals surface area contributed by atoms with Crippen LogP contribution in [0.2, 0.25) is 0 Å². The summed E-state index contributed by atoms with van der Waals surface area (Å²) in [7, 11) is 1.81. The summed E-state index contributed by atoms with van der Waals surface area (Å²) in [6, 6.07) is 0.306. The van der Waals surface area contributed by atoms with Gasteiger partial charge in [0.1, 0.15) is 12.6 Å². The molecule has 1 N–H and O–H groups in total. The van der Waals surface area contributed by atoms with Crippen molar-refractivity contribution in [3.8, 4) is 0 Å². The molecule has 0 fully saturated rings. The summed E-state index contributed by atoms with van der Waals surface area (Å²) in [5.41, 5.74) is 0. The number of hydrogen-bond donors (Lipinski definition) is 1. The molecule has 0 amide bonds. The van der Waals surface area contributed by atoms with E-state index in [9.17, 15) is 5.21 Å². The van der Waals surface area contributed by atoms with Gasteiger partial charge in [0, 0.05) is 0 Å². The number of nitrogens with zero attached hydrogens (tertiary/aromatic N) is 1. The molecular formula is C6H16NO+. The van der Waals surface area contributed by atoms with Crippen LogP contribution in [0.1, 0.15) is 20.8 Å². The molecule has 0 saturated heterocycles. The Bertz CT molecular complexity index is 68.9. The van der Waals surface area contributed by atoms with Gasteiger partial charge in [-0.15, -0.1) is 0 Å². The first kappa shape index (κ1) is 7.92. The minimum absolute atomic E-state index is 0.125. The van der Waals surface area contributed by atoms with Crippen molar-refractivity contribution >= 4 is 0 Å². The van der Waals surface area contributed by atoms with Crippen molar-refractivity contribution in [2.45, 2.75) is 26.8 Å². The second kappa shape index (κ2) is 2.46. The van der Waals surface area contributed by atoms with E-state index in [1.165, 1.54) is 0 Å². The maximum absolute atomic E-state index is 9.34. The van der Waals surface area contributed by atoms with Crippen LogP contribution in [0.4, 0.5) is 0 Å². The van der Waals surface area contributed by atoms with Crippen molar-refractivity contribution in [1.82, 2.24) is 0 Å². The van der Waals surface area contributed by atoms with Crippen molar-refractivity contribution in [1.29, 1.82) is 0 Å². The summed E-state index contributed by atoms with van der Waals surface area (Å²) in [6.07, 6.45) is 0. The molecule has 0 aliphatic heterocycles. The van der Waals surface area contributed by atoms with Crippen molar-refractivity contribution in [2.24, 2.45) is 0 Å². The smallest absolute Gasteiger partial charge is 0.113 e. The van der Waals surface area contributed by atoms with Crippen LogP contribution < -0.4 is 0 Å². The average Bonchev–Trinajstić information content (AvgIpc) is 1.67. The number of rotatable bonds is 2. The number of hydroxylamine groups is 3. The van der Waals surface area contributed by atoms with E-state index in [1.54, 1.807) is 0 Å². The Kier molecular flexibility index (Phi) is 2.44. The van der Waals surface area contributed by atoms with E-state index in [2.05, 4.69) is 0 Å². The maximum atomic E-state index is 9.34. The summed E-state index contributed by atoms with van der Waals surface area (Å²) < 4.78 is 0.125. The van der Waals surface area contributed by atoms with Gasteiger partial charge in [-0.2, -0.15) is 4.65 Å². The van der Waals surface area contributed by atoms with Crippen LogP contribution in [0, 0.1) is 0 Å². The van der Waals surface area contributed by atoms with Gasteiger partial charge in [-0.1, -0.05) is 0 Å². The third-order valence-electron chi connectivity index (χ3n) is 1.75. The highest BCUT2D eigenvalue weighted by Gasteiger charge is 2.19. The summed E-state index contributed by atoms with van der Waals surface area (Å²) in [6.45, 7) is 6.75. The highest BCUT2D eigenvalue weighted by Crippen LogP contribution is 2.02. The average molecular weight is 118 g/mol. The molecule has 0 aromatic carbocycles. The monoisotopic (exact) mass is 118 g/mol. The largest absolute Gasteiger partial charge is 0.217 e. The van der Waals surface area contributed by atoms with Crippen molar-refractivity contribution in [2.75, 3.05) is 13.6 Å². The molecular weight excluding hydrogens is 102 g/mol. The molecule has 0 aliphatic carbocycles. The van der Waals surface area contributed by atoms with E-state index in [1.807, 2.05) is 27.8 Å². The van der Waals surface area contributed by atoms with Gasteiger partial charge < -0.3 is 0 Å². The fourth-order valence-corrected chi connectivity index (χ4v) is 0.365. The van der Waals surface area contributed by atoms with Gasteiger partial charge >= 0.3 is 0 Å². The predicted octanol–water partition coefficient (Wildman–Crippen LogP) is 1.25. The van der Waals surface area contributed by atoms with Gasteiger partial charge in [0.2, 0.25) is 0 Å². The van der Waals surface area contributed by atoms with E-state index >= 15 is 0 Å². The molecule has 8 heavy (non-hydrogen) atoms. The van der Waals surface area contributed by atoms with Crippen LogP contribution in [-0.2, 0) is 0 Å². The first-order valence-electron chi connectivity index (χ1n) is 3.08. The molecule has 50 valence electrons. The first-order chi connectivity index (χ1) is 3.50. The quantitative estimate of drug-likeness (QED) is 0.427. The van der Waals surface area contributed by atoms with Crippen LogP contribution in [-0.4, -0.2) is 29.5 Å². The molecule has 0 spiro atoms. The van der Waals surface area contributed by atoms with Gasteiger partial charge in [0.15, 0.2) is 0 Å². The predicted molar refractivity (Wildman–Crippen MR) is 33.6 cm³/mol. The lowest BCUT2D eigenvalue weighted by Gasteiger charge is -2.27. The van der Waals surface area contributed by atoms with Gasteiger partial charge in [0.25, 0.3) is 0 Å². The highest BCUT2D eigenvalue weighted by molar-refractivity contribution is 4.31. The van der Waals surface area contributed by atoms with Crippen LogP contribution in [0.25, 0.3) is 0 Å². The fraction of sp³-hybridized carbons (Fsp3) is 1.00. The topological polar surface area (TPSA) is 20.2 Å². The lowest BCUT2D eigenvalue weighted by Crippen LogP contribution is -2.45. The lowest BCUT2D eigenvalue weighted by molar-refractivity contribution is -1.10. The third-order valence-corrected chi connectivity index (χ3v) is 1.75. The third kappa shape index (κ3) is 1.80. The Morgan fingerprint density at radius 2 is 1.88 bits per heavy atom. The van der Waals surface area contributed by atoms with E-state index in [0.717, 1.165) is 6.54 Å². The molecule has 1 unspecified atom stereocenters. The number of quaternary nitrogens is 1. The van der Waals surface area contributed by atoms with Crippen molar-refractivity contribution in [3.05, 3.63) is 0 Å². The fourth-order valence-electron chi connectivity index (χ4n) is 0.365. The zero-order chi connectivity index (χ0) is 6.78. The summed E-state index contributed by atoms with van der Waals surface area (Å²) >= 11 is 0. The Balaban J connectivity index is 3.71. The number of hydrogen-bond acceptors (Lipinski definition) is 1. The Morgan fingerprint density at radius 1 is 1.50 bits per heavy atom. The second-order valence-corrected chi connectivity index (χ2v) is 2.62. The molecule has 0 rings (SSSR count). The second-order valence-electron chi connectivity index (χ2n) is 2.62. The van der Waals surface area contributed by atoms with Gasteiger partial charge in [-0.05, 0) is 20.8 Å². The van der Waals surface area contributed by atoms with Crippen LogP contribution in [0.5, 0.6) is 0 Å². The molecule has 0 aliphatic rings.